The van der Waals surface area contributed by atoms with Crippen molar-refractivity contribution < 1.29 is 23.9 Å². The third-order valence-electron chi connectivity index (χ3n) is 8.58. The maximum atomic E-state index is 14.3. The third-order valence-corrected chi connectivity index (χ3v) is 8.81. The van der Waals surface area contributed by atoms with Gasteiger partial charge in [-0.1, -0.05) is 29.8 Å². The van der Waals surface area contributed by atoms with E-state index in [-0.39, 0.29) is 11.8 Å². The first-order valence-corrected chi connectivity index (χ1v) is 13.5. The minimum Gasteiger partial charge on any atom is -0.486 e. The second kappa shape index (κ2) is 8.33. The van der Waals surface area contributed by atoms with Crippen molar-refractivity contribution in [1.29, 1.82) is 0 Å². The van der Waals surface area contributed by atoms with Crippen molar-refractivity contribution in [3.05, 3.63) is 83.0 Å². The highest BCUT2D eigenvalue weighted by Crippen LogP contribution is 2.54. The standard InChI is InChI=1S/C30H23ClN4O5/c31-16-5-7-21-19(12-16)30(29(38)33-21)26-25(22(34-30)11-15-14-32-20-4-2-1-3-18(15)20)27(36)35(28(26)37)17-6-8-23-24(13-17)40-10-9-39-23/h1-8,12-14,22,25-26,32,34H,9-11H2,(H,33,38)/t22-,25+,26+,30-/m0/s1. The lowest BCUT2D eigenvalue weighted by Gasteiger charge is -2.30. The molecule has 0 aliphatic carbocycles. The quantitative estimate of drug-likeness (QED) is 0.332. The van der Waals surface area contributed by atoms with Gasteiger partial charge in [0.05, 0.1) is 17.5 Å². The highest BCUT2D eigenvalue weighted by atomic mass is 35.5. The van der Waals surface area contributed by atoms with Gasteiger partial charge in [-0.05, 0) is 48.4 Å². The van der Waals surface area contributed by atoms with Crippen molar-refractivity contribution in [2.75, 3.05) is 23.4 Å². The number of para-hydroxylation sites is 1. The van der Waals surface area contributed by atoms with Crippen molar-refractivity contribution >= 4 is 51.6 Å². The molecule has 3 amide bonds. The van der Waals surface area contributed by atoms with Crippen LogP contribution in [0.25, 0.3) is 10.9 Å². The van der Waals surface area contributed by atoms with Crippen molar-refractivity contribution in [1.82, 2.24) is 10.3 Å². The van der Waals surface area contributed by atoms with Crippen LogP contribution in [-0.2, 0) is 26.3 Å². The second-order valence-electron chi connectivity index (χ2n) is 10.6. The van der Waals surface area contributed by atoms with Gasteiger partial charge in [-0.25, -0.2) is 4.90 Å². The maximum Gasteiger partial charge on any atom is 0.250 e. The largest absolute Gasteiger partial charge is 0.486 e. The summed E-state index contributed by atoms with van der Waals surface area (Å²) in [5, 5.41) is 7.88. The van der Waals surface area contributed by atoms with Crippen LogP contribution in [0.15, 0.2) is 66.9 Å². The molecule has 0 bridgehead atoms. The zero-order chi connectivity index (χ0) is 27.2. The zero-order valence-corrected chi connectivity index (χ0v) is 21.8. The Morgan fingerprint density at radius 3 is 2.65 bits per heavy atom. The lowest BCUT2D eigenvalue weighted by atomic mass is 9.76. The van der Waals surface area contributed by atoms with E-state index >= 15 is 0 Å². The number of anilines is 2. The number of carbonyl (C=O) groups excluding carboxylic acids is 3. The van der Waals surface area contributed by atoms with Gasteiger partial charge in [0, 0.05) is 45.5 Å². The number of nitrogens with zero attached hydrogens (tertiary/aromatic N) is 1. The van der Waals surface area contributed by atoms with Gasteiger partial charge < -0.3 is 19.8 Å². The van der Waals surface area contributed by atoms with E-state index in [4.69, 9.17) is 21.1 Å². The van der Waals surface area contributed by atoms with E-state index in [2.05, 4.69) is 15.6 Å². The fourth-order valence-corrected chi connectivity index (χ4v) is 7.08. The molecule has 5 heterocycles. The molecular weight excluding hydrogens is 532 g/mol. The molecule has 0 unspecified atom stereocenters. The molecule has 2 saturated heterocycles. The van der Waals surface area contributed by atoms with Crippen LogP contribution in [0.2, 0.25) is 5.02 Å². The molecule has 10 heteroatoms. The van der Waals surface area contributed by atoms with E-state index in [0.717, 1.165) is 16.5 Å². The first kappa shape index (κ1) is 23.5. The van der Waals surface area contributed by atoms with Crippen LogP contribution in [0.1, 0.15) is 11.1 Å². The van der Waals surface area contributed by atoms with Crippen LogP contribution < -0.4 is 25.0 Å². The Bertz CT molecular complexity index is 1770. The first-order chi connectivity index (χ1) is 19.5. The number of hydrogen-bond acceptors (Lipinski definition) is 6. The summed E-state index contributed by atoms with van der Waals surface area (Å²) in [5.41, 5.74) is 2.06. The number of imide groups is 1. The minimum absolute atomic E-state index is 0.357. The van der Waals surface area contributed by atoms with E-state index in [1.54, 1.807) is 36.4 Å². The van der Waals surface area contributed by atoms with Crippen molar-refractivity contribution in [2.24, 2.45) is 11.8 Å². The van der Waals surface area contributed by atoms with E-state index in [1.807, 2.05) is 30.5 Å². The summed E-state index contributed by atoms with van der Waals surface area (Å²) >= 11 is 6.39. The van der Waals surface area contributed by atoms with E-state index in [1.165, 1.54) is 4.90 Å². The molecule has 2 fully saturated rings. The summed E-state index contributed by atoms with van der Waals surface area (Å²) in [4.78, 5) is 46.8. The molecule has 4 aliphatic heterocycles. The molecule has 0 saturated carbocycles. The number of nitrogens with one attached hydrogen (secondary N) is 3. The summed E-state index contributed by atoms with van der Waals surface area (Å²) in [7, 11) is 0. The van der Waals surface area contributed by atoms with Gasteiger partial charge in [-0.2, -0.15) is 0 Å². The molecule has 40 heavy (non-hydrogen) atoms. The summed E-state index contributed by atoms with van der Waals surface area (Å²) in [6, 6.07) is 17.6. The summed E-state index contributed by atoms with van der Waals surface area (Å²) in [5.74, 6) is -1.89. The number of amides is 3. The van der Waals surface area contributed by atoms with Gasteiger partial charge in [0.15, 0.2) is 11.5 Å². The molecule has 3 N–H and O–H groups in total. The monoisotopic (exact) mass is 554 g/mol. The molecular formula is C30H23ClN4O5. The highest BCUT2D eigenvalue weighted by Gasteiger charge is 2.70. The average molecular weight is 555 g/mol. The topological polar surface area (TPSA) is 113 Å². The van der Waals surface area contributed by atoms with Crippen LogP contribution in [0, 0.1) is 11.8 Å². The Balaban J connectivity index is 1.27. The Kier molecular flexibility index (Phi) is 4.90. The summed E-state index contributed by atoms with van der Waals surface area (Å²) in [6.07, 6.45) is 2.36. The van der Waals surface area contributed by atoms with Crippen LogP contribution >= 0.6 is 11.6 Å². The predicted molar refractivity (Wildman–Crippen MR) is 148 cm³/mol. The number of halogens is 1. The number of aromatic amines is 1. The first-order valence-electron chi connectivity index (χ1n) is 13.2. The van der Waals surface area contributed by atoms with Crippen molar-refractivity contribution in [2.45, 2.75) is 18.0 Å². The molecule has 1 aromatic heterocycles. The normalized spacial score (nSPS) is 26.5. The number of rotatable bonds is 3. The molecule has 1 spiro atoms. The van der Waals surface area contributed by atoms with Crippen LogP contribution in [-0.4, -0.2) is 42.0 Å². The zero-order valence-electron chi connectivity index (χ0n) is 21.1. The molecule has 200 valence electrons. The number of hydrogen-bond donors (Lipinski definition) is 3. The van der Waals surface area contributed by atoms with Gasteiger partial charge >= 0.3 is 0 Å². The predicted octanol–water partition coefficient (Wildman–Crippen LogP) is 3.76. The summed E-state index contributed by atoms with van der Waals surface area (Å²) < 4.78 is 11.4. The van der Waals surface area contributed by atoms with Crippen molar-refractivity contribution in [3.8, 4) is 11.5 Å². The Hall–Kier alpha value is -4.34. The SMILES string of the molecule is O=C1[C@@H]2[C@H](Cc3c[nH]c4ccccc34)N[C@]3(C(=O)Nc4ccc(Cl)cc43)[C@H]2C(=O)N1c1ccc2c(c1)OCCO2. The minimum atomic E-state index is -1.45. The van der Waals surface area contributed by atoms with E-state index in [0.29, 0.717) is 53.1 Å². The third kappa shape index (κ3) is 3.10. The number of fused-ring (bicyclic) bond motifs is 6. The maximum absolute atomic E-state index is 14.3. The average Bonchev–Trinajstić information content (AvgIpc) is 3.67. The summed E-state index contributed by atoms with van der Waals surface area (Å²) in [6.45, 7) is 0.805. The van der Waals surface area contributed by atoms with Crippen molar-refractivity contribution in [3.63, 3.8) is 0 Å². The molecule has 9 nitrogen and oxygen atoms in total. The smallest absolute Gasteiger partial charge is 0.250 e. The number of benzene rings is 3. The van der Waals surface area contributed by atoms with Gasteiger partial charge in [0.2, 0.25) is 17.7 Å². The van der Waals surface area contributed by atoms with Crippen LogP contribution in [0.4, 0.5) is 11.4 Å². The lowest BCUT2D eigenvalue weighted by Crippen LogP contribution is -2.53. The molecule has 3 aromatic carbocycles. The van der Waals surface area contributed by atoms with Gasteiger partial charge in [0.25, 0.3) is 0 Å². The Morgan fingerprint density at radius 1 is 0.950 bits per heavy atom. The van der Waals surface area contributed by atoms with Gasteiger partial charge in [0.1, 0.15) is 18.8 Å². The molecule has 4 aliphatic rings. The highest BCUT2D eigenvalue weighted by molar-refractivity contribution is 6.31. The molecule has 8 rings (SSSR count). The Morgan fingerprint density at radius 2 is 1.77 bits per heavy atom. The number of carbonyl (C=O) groups is 3. The fourth-order valence-electron chi connectivity index (χ4n) is 6.91. The molecule has 4 atom stereocenters. The van der Waals surface area contributed by atoms with Gasteiger partial charge in [-0.15, -0.1) is 0 Å². The molecule has 4 aromatic rings. The second-order valence-corrected chi connectivity index (χ2v) is 11.0. The number of aromatic nitrogens is 1. The van der Waals surface area contributed by atoms with E-state index in [9.17, 15) is 14.4 Å². The lowest BCUT2D eigenvalue weighted by molar-refractivity contribution is -0.130. The molecule has 0 radical (unpaired) electrons. The fraction of sp³-hybridized carbons (Fsp3) is 0.233. The van der Waals surface area contributed by atoms with Crippen LogP contribution in [0.3, 0.4) is 0 Å². The Labute approximate surface area is 233 Å². The van der Waals surface area contributed by atoms with Gasteiger partial charge in [-0.3, -0.25) is 19.7 Å². The number of H-pyrrole nitrogens is 1. The van der Waals surface area contributed by atoms with Crippen LogP contribution in [0.5, 0.6) is 11.5 Å². The number of ether oxygens (including phenoxy) is 2. The van der Waals surface area contributed by atoms with E-state index < -0.39 is 29.3 Å².